The van der Waals surface area contributed by atoms with Crippen molar-refractivity contribution >= 4 is 0 Å². The van der Waals surface area contributed by atoms with E-state index in [1.54, 1.807) is 0 Å². The van der Waals surface area contributed by atoms with Crippen LogP contribution in [0.2, 0.25) is 0 Å². The number of nitrogens with two attached hydrogens (primary N) is 1. The topological polar surface area (TPSA) is 26.0 Å². The van der Waals surface area contributed by atoms with Crippen molar-refractivity contribution in [1.29, 1.82) is 0 Å². The molecule has 12 heavy (non-hydrogen) atoms. The van der Waals surface area contributed by atoms with Crippen molar-refractivity contribution in [2.45, 2.75) is 33.2 Å². The third-order valence-electron chi connectivity index (χ3n) is 1.67. The monoisotopic (exact) mass is 165 g/mol. The highest BCUT2D eigenvalue weighted by Crippen LogP contribution is 2.11. The number of benzene rings is 1. The fraction of sp³-hybridized carbons (Fsp3) is 0.455. The Labute approximate surface area is 75.6 Å². The molecule has 0 aromatic heterocycles. The highest BCUT2D eigenvalue weighted by atomic mass is 14.6. The summed E-state index contributed by atoms with van der Waals surface area (Å²) in [6.07, 6.45) is 1.00. The molecule has 0 aliphatic rings. The van der Waals surface area contributed by atoms with Crippen LogP contribution in [0.4, 0.5) is 0 Å². The van der Waals surface area contributed by atoms with Crippen LogP contribution < -0.4 is 5.73 Å². The van der Waals surface area contributed by atoms with Gasteiger partial charge in [0.15, 0.2) is 0 Å². The molecule has 1 aromatic rings. The molecule has 1 nitrogen and oxygen atoms in total. The molecule has 1 rings (SSSR count). The van der Waals surface area contributed by atoms with Crippen molar-refractivity contribution in [3.05, 3.63) is 35.9 Å². The van der Waals surface area contributed by atoms with Crippen LogP contribution in [0.1, 0.15) is 38.8 Å². The Morgan fingerprint density at radius 3 is 2.08 bits per heavy atom. The number of hydrogen-bond acceptors (Lipinski definition) is 1. The SMILES string of the molecule is CC.CCC(N)c1ccccc1. The van der Waals surface area contributed by atoms with E-state index in [0.29, 0.717) is 0 Å². The van der Waals surface area contributed by atoms with Crippen molar-refractivity contribution in [3.8, 4) is 0 Å². The van der Waals surface area contributed by atoms with Crippen molar-refractivity contribution in [1.82, 2.24) is 0 Å². The Balaban J connectivity index is 0.000000561. The predicted octanol–water partition coefficient (Wildman–Crippen LogP) is 3.12. The third kappa shape index (κ3) is 3.54. The molecule has 0 saturated heterocycles. The molecule has 0 aliphatic carbocycles. The van der Waals surface area contributed by atoms with Gasteiger partial charge >= 0.3 is 0 Å². The summed E-state index contributed by atoms with van der Waals surface area (Å²) in [6.45, 7) is 6.09. The zero-order chi connectivity index (χ0) is 9.40. The highest BCUT2D eigenvalue weighted by molar-refractivity contribution is 5.17. The standard InChI is InChI=1S/C9H13N.C2H6/c1-2-9(10)8-6-4-3-5-7-8;1-2/h3-7,9H,2,10H2,1H3;1-2H3. The van der Waals surface area contributed by atoms with Crippen molar-refractivity contribution in [2.24, 2.45) is 5.73 Å². The van der Waals surface area contributed by atoms with E-state index in [9.17, 15) is 0 Å². The molecule has 1 aromatic carbocycles. The molecule has 1 unspecified atom stereocenters. The van der Waals surface area contributed by atoms with E-state index in [1.165, 1.54) is 5.56 Å². The second-order valence-electron chi connectivity index (χ2n) is 2.43. The number of hydrogen-bond donors (Lipinski definition) is 1. The van der Waals surface area contributed by atoms with Gasteiger partial charge in [-0.05, 0) is 12.0 Å². The van der Waals surface area contributed by atoms with E-state index >= 15 is 0 Å². The Bertz CT molecular complexity index is 181. The summed E-state index contributed by atoms with van der Waals surface area (Å²) in [5.74, 6) is 0. The lowest BCUT2D eigenvalue weighted by Crippen LogP contribution is -2.07. The van der Waals surface area contributed by atoms with Crippen molar-refractivity contribution < 1.29 is 0 Å². The number of rotatable bonds is 2. The van der Waals surface area contributed by atoms with Crippen LogP contribution in [0.5, 0.6) is 0 Å². The maximum Gasteiger partial charge on any atom is 0.0292 e. The largest absolute Gasteiger partial charge is 0.324 e. The first kappa shape index (κ1) is 11.2. The average molecular weight is 165 g/mol. The van der Waals surface area contributed by atoms with Gasteiger partial charge in [-0.2, -0.15) is 0 Å². The Morgan fingerprint density at radius 2 is 1.67 bits per heavy atom. The van der Waals surface area contributed by atoms with Gasteiger partial charge in [0.25, 0.3) is 0 Å². The van der Waals surface area contributed by atoms with Crippen LogP contribution in [0.3, 0.4) is 0 Å². The molecule has 0 saturated carbocycles. The Hall–Kier alpha value is -0.820. The summed E-state index contributed by atoms with van der Waals surface area (Å²) in [4.78, 5) is 0. The zero-order valence-corrected chi connectivity index (χ0v) is 8.25. The summed E-state index contributed by atoms with van der Waals surface area (Å²) in [7, 11) is 0. The van der Waals surface area contributed by atoms with Crippen LogP contribution in [-0.2, 0) is 0 Å². The summed E-state index contributed by atoms with van der Waals surface area (Å²) in [6, 6.07) is 10.4. The average Bonchev–Trinajstić information content (AvgIpc) is 2.21. The quantitative estimate of drug-likeness (QED) is 0.716. The molecule has 68 valence electrons. The van der Waals surface area contributed by atoms with E-state index in [2.05, 4.69) is 19.1 Å². The summed E-state index contributed by atoms with van der Waals surface area (Å²) in [5, 5.41) is 0. The normalized spacial score (nSPS) is 11.3. The maximum atomic E-state index is 5.79. The lowest BCUT2D eigenvalue weighted by molar-refractivity contribution is 0.699. The molecule has 2 N–H and O–H groups in total. The van der Waals surface area contributed by atoms with E-state index in [4.69, 9.17) is 5.73 Å². The molecule has 0 spiro atoms. The van der Waals surface area contributed by atoms with E-state index in [0.717, 1.165) is 6.42 Å². The molecule has 0 heterocycles. The summed E-state index contributed by atoms with van der Waals surface area (Å²) in [5.41, 5.74) is 7.02. The van der Waals surface area contributed by atoms with Gasteiger partial charge in [0.2, 0.25) is 0 Å². The Morgan fingerprint density at radius 1 is 1.17 bits per heavy atom. The lowest BCUT2D eigenvalue weighted by atomic mass is 10.1. The van der Waals surface area contributed by atoms with Gasteiger partial charge in [0.05, 0.1) is 0 Å². The lowest BCUT2D eigenvalue weighted by Gasteiger charge is -2.06. The minimum absolute atomic E-state index is 0.209. The second kappa shape index (κ2) is 6.86. The molecule has 0 fully saturated rings. The smallest absolute Gasteiger partial charge is 0.0292 e. The van der Waals surface area contributed by atoms with Gasteiger partial charge in [-0.1, -0.05) is 51.1 Å². The van der Waals surface area contributed by atoms with Crippen LogP contribution in [0.25, 0.3) is 0 Å². The first-order chi connectivity index (χ1) is 5.84. The van der Waals surface area contributed by atoms with Crippen LogP contribution in [-0.4, -0.2) is 0 Å². The van der Waals surface area contributed by atoms with Gasteiger partial charge in [-0.15, -0.1) is 0 Å². The minimum atomic E-state index is 0.209. The third-order valence-corrected chi connectivity index (χ3v) is 1.67. The van der Waals surface area contributed by atoms with Gasteiger partial charge in [-0.3, -0.25) is 0 Å². The maximum absolute atomic E-state index is 5.79. The first-order valence-corrected chi connectivity index (χ1v) is 4.65. The molecule has 1 atom stereocenters. The summed E-state index contributed by atoms with van der Waals surface area (Å²) >= 11 is 0. The van der Waals surface area contributed by atoms with Gasteiger partial charge in [0, 0.05) is 6.04 Å². The summed E-state index contributed by atoms with van der Waals surface area (Å²) < 4.78 is 0. The van der Waals surface area contributed by atoms with E-state index < -0.39 is 0 Å². The first-order valence-electron chi connectivity index (χ1n) is 4.65. The molecule has 0 aliphatic heterocycles. The molecule has 0 radical (unpaired) electrons. The zero-order valence-electron chi connectivity index (χ0n) is 8.25. The molecular weight excluding hydrogens is 146 g/mol. The van der Waals surface area contributed by atoms with Crippen molar-refractivity contribution in [3.63, 3.8) is 0 Å². The van der Waals surface area contributed by atoms with Crippen LogP contribution in [0, 0.1) is 0 Å². The van der Waals surface area contributed by atoms with Crippen LogP contribution in [0.15, 0.2) is 30.3 Å². The van der Waals surface area contributed by atoms with Crippen molar-refractivity contribution in [2.75, 3.05) is 0 Å². The van der Waals surface area contributed by atoms with E-state index in [1.807, 2.05) is 32.0 Å². The predicted molar refractivity (Wildman–Crippen MR) is 55.0 cm³/mol. The van der Waals surface area contributed by atoms with Crippen LogP contribution >= 0.6 is 0 Å². The minimum Gasteiger partial charge on any atom is -0.324 e. The fourth-order valence-electron chi connectivity index (χ4n) is 0.936. The molecule has 0 bridgehead atoms. The molecular formula is C11H19N. The second-order valence-corrected chi connectivity index (χ2v) is 2.43. The van der Waals surface area contributed by atoms with Gasteiger partial charge < -0.3 is 5.73 Å². The van der Waals surface area contributed by atoms with Gasteiger partial charge in [0.1, 0.15) is 0 Å². The van der Waals surface area contributed by atoms with E-state index in [-0.39, 0.29) is 6.04 Å². The molecule has 0 amide bonds. The molecule has 1 heteroatoms. The highest BCUT2D eigenvalue weighted by Gasteiger charge is 1.99. The Kier molecular flexibility index (Phi) is 6.39. The van der Waals surface area contributed by atoms with Gasteiger partial charge in [-0.25, -0.2) is 0 Å². The fourth-order valence-corrected chi connectivity index (χ4v) is 0.936.